The van der Waals surface area contributed by atoms with Crippen molar-refractivity contribution in [2.45, 2.75) is 38.8 Å². The quantitative estimate of drug-likeness (QED) is 0.884. The Bertz CT molecular complexity index is 466. The van der Waals surface area contributed by atoms with Gasteiger partial charge in [0.15, 0.2) is 6.61 Å². The van der Waals surface area contributed by atoms with Gasteiger partial charge in [-0.25, -0.2) is 0 Å². The third-order valence-corrected chi connectivity index (χ3v) is 3.52. The molecule has 0 radical (unpaired) electrons. The van der Waals surface area contributed by atoms with Crippen molar-refractivity contribution in [2.75, 3.05) is 13.7 Å². The Morgan fingerprint density at radius 1 is 1.53 bits per heavy atom. The monoisotopic (exact) mass is 263 g/mol. The highest BCUT2D eigenvalue weighted by Gasteiger charge is 2.29. The zero-order valence-electron chi connectivity index (χ0n) is 11.7. The molecule has 1 fully saturated rings. The molecule has 1 aliphatic rings. The molecule has 2 rings (SSSR count). The van der Waals surface area contributed by atoms with Crippen LogP contribution in [0, 0.1) is 6.92 Å². The predicted octanol–water partition coefficient (Wildman–Crippen LogP) is 2.05. The second-order valence-electron chi connectivity index (χ2n) is 5.23. The molecule has 1 aliphatic carbocycles. The fourth-order valence-corrected chi connectivity index (χ4v) is 2.00. The highest BCUT2D eigenvalue weighted by Crippen LogP contribution is 2.26. The highest BCUT2D eigenvalue weighted by molar-refractivity contribution is 5.78. The highest BCUT2D eigenvalue weighted by atomic mass is 16.5. The maximum atomic E-state index is 11.8. The molecule has 1 N–H and O–H groups in total. The summed E-state index contributed by atoms with van der Waals surface area (Å²) in [7, 11) is 1.83. The van der Waals surface area contributed by atoms with Crippen molar-refractivity contribution >= 4 is 5.91 Å². The maximum Gasteiger partial charge on any atom is 0.260 e. The molecular formula is C15H21NO3. The van der Waals surface area contributed by atoms with E-state index in [1.807, 2.05) is 32.2 Å². The molecule has 1 atom stereocenters. The van der Waals surface area contributed by atoms with Gasteiger partial charge in [-0.3, -0.25) is 4.79 Å². The summed E-state index contributed by atoms with van der Waals surface area (Å²) < 4.78 is 5.56. The van der Waals surface area contributed by atoms with Crippen LogP contribution in [0.2, 0.25) is 0 Å². The summed E-state index contributed by atoms with van der Waals surface area (Å²) in [6.45, 7) is 3.71. The molecule has 0 aliphatic heterocycles. The van der Waals surface area contributed by atoms with E-state index in [1.165, 1.54) is 0 Å². The molecule has 0 heterocycles. The zero-order chi connectivity index (χ0) is 14.0. The summed E-state index contributed by atoms with van der Waals surface area (Å²) in [5.74, 6) is 0.712. The van der Waals surface area contributed by atoms with Crippen molar-refractivity contribution in [3.63, 3.8) is 0 Å². The van der Waals surface area contributed by atoms with Gasteiger partial charge in [0.25, 0.3) is 5.91 Å². The van der Waals surface area contributed by atoms with Crippen LogP contribution in [-0.4, -0.2) is 35.6 Å². The molecule has 0 saturated heterocycles. The summed E-state index contributed by atoms with van der Waals surface area (Å²) in [5, 5.41) is 9.50. The number of nitrogens with zero attached hydrogens (tertiary/aromatic N) is 1. The number of benzene rings is 1. The van der Waals surface area contributed by atoms with E-state index in [9.17, 15) is 9.90 Å². The largest absolute Gasteiger partial charge is 0.484 e. The maximum absolute atomic E-state index is 11.8. The van der Waals surface area contributed by atoms with E-state index < -0.39 is 6.10 Å². The number of likely N-dealkylation sites (N-methyl/N-ethyl adjacent to an activating group) is 1. The molecule has 1 unspecified atom stereocenters. The van der Waals surface area contributed by atoms with E-state index in [2.05, 4.69) is 0 Å². The van der Waals surface area contributed by atoms with Gasteiger partial charge in [0.1, 0.15) is 5.75 Å². The van der Waals surface area contributed by atoms with Crippen molar-refractivity contribution in [1.29, 1.82) is 0 Å². The molecule has 0 spiro atoms. The van der Waals surface area contributed by atoms with Crippen LogP contribution in [0.3, 0.4) is 0 Å². The van der Waals surface area contributed by atoms with E-state index >= 15 is 0 Å². The fourth-order valence-electron chi connectivity index (χ4n) is 2.00. The Morgan fingerprint density at radius 3 is 2.74 bits per heavy atom. The summed E-state index contributed by atoms with van der Waals surface area (Å²) in [4.78, 5) is 13.6. The van der Waals surface area contributed by atoms with Gasteiger partial charge in [-0.2, -0.15) is 0 Å². The minimum atomic E-state index is -0.490. The number of aliphatic hydroxyl groups excluding tert-OH is 1. The number of aliphatic hydroxyl groups is 1. The van der Waals surface area contributed by atoms with Gasteiger partial charge in [-0.05, 0) is 49.9 Å². The first-order chi connectivity index (χ1) is 8.99. The predicted molar refractivity (Wildman–Crippen MR) is 73.1 cm³/mol. The van der Waals surface area contributed by atoms with E-state index in [0.717, 1.165) is 24.0 Å². The van der Waals surface area contributed by atoms with Crippen molar-refractivity contribution in [3.8, 4) is 5.75 Å². The van der Waals surface area contributed by atoms with Crippen molar-refractivity contribution in [3.05, 3.63) is 29.3 Å². The van der Waals surface area contributed by atoms with Crippen LogP contribution < -0.4 is 4.74 Å². The van der Waals surface area contributed by atoms with Crippen molar-refractivity contribution in [1.82, 2.24) is 4.90 Å². The first kappa shape index (κ1) is 13.9. The molecule has 104 valence electrons. The lowest BCUT2D eigenvalue weighted by Crippen LogP contribution is -2.33. The standard InChI is InChI=1S/C15H21NO3/c1-10-8-12(11(2)17)4-7-14(10)19-9-15(18)16(3)13-5-6-13/h4,7-8,11,13,17H,5-6,9H2,1-3H3. The van der Waals surface area contributed by atoms with Gasteiger partial charge < -0.3 is 14.7 Å². The summed E-state index contributed by atoms with van der Waals surface area (Å²) >= 11 is 0. The van der Waals surface area contributed by atoms with Crippen LogP contribution in [0.5, 0.6) is 5.75 Å². The molecule has 19 heavy (non-hydrogen) atoms. The van der Waals surface area contributed by atoms with Crippen LogP contribution in [-0.2, 0) is 4.79 Å². The average Bonchev–Trinajstić information content (AvgIpc) is 3.20. The number of carbonyl (C=O) groups is 1. The van der Waals surface area contributed by atoms with Crippen molar-refractivity contribution in [2.24, 2.45) is 0 Å². The van der Waals surface area contributed by atoms with Gasteiger partial charge in [0, 0.05) is 13.1 Å². The van der Waals surface area contributed by atoms with Crippen LogP contribution in [0.25, 0.3) is 0 Å². The molecule has 0 aromatic heterocycles. The summed E-state index contributed by atoms with van der Waals surface area (Å²) in [5.41, 5.74) is 1.78. The molecule has 4 nitrogen and oxygen atoms in total. The number of amides is 1. The van der Waals surface area contributed by atoms with Crippen LogP contribution >= 0.6 is 0 Å². The first-order valence-electron chi connectivity index (χ1n) is 6.66. The Hall–Kier alpha value is -1.55. The SMILES string of the molecule is Cc1cc(C(C)O)ccc1OCC(=O)N(C)C1CC1. The van der Waals surface area contributed by atoms with Crippen LogP contribution in [0.4, 0.5) is 0 Å². The van der Waals surface area contributed by atoms with E-state index in [-0.39, 0.29) is 12.5 Å². The third kappa shape index (κ3) is 3.47. The number of carbonyl (C=O) groups excluding carboxylic acids is 1. The summed E-state index contributed by atoms with van der Waals surface area (Å²) in [6.07, 6.45) is 1.71. The number of aryl methyl sites for hydroxylation is 1. The summed E-state index contributed by atoms with van der Waals surface area (Å²) in [6, 6.07) is 5.92. The lowest BCUT2D eigenvalue weighted by Gasteiger charge is -2.17. The normalized spacial score (nSPS) is 16.0. The van der Waals surface area contributed by atoms with Crippen LogP contribution in [0.1, 0.15) is 37.0 Å². The molecule has 1 amide bonds. The Balaban J connectivity index is 1.93. The van der Waals surface area contributed by atoms with Crippen LogP contribution in [0.15, 0.2) is 18.2 Å². The van der Waals surface area contributed by atoms with Gasteiger partial charge >= 0.3 is 0 Å². The Kier molecular flexibility index (Phi) is 4.10. The number of hydrogen-bond acceptors (Lipinski definition) is 3. The Labute approximate surface area is 114 Å². The molecule has 1 aromatic rings. The third-order valence-electron chi connectivity index (χ3n) is 3.52. The van der Waals surface area contributed by atoms with Crippen molar-refractivity contribution < 1.29 is 14.6 Å². The smallest absolute Gasteiger partial charge is 0.260 e. The van der Waals surface area contributed by atoms with E-state index in [0.29, 0.717) is 11.8 Å². The molecule has 1 aromatic carbocycles. The van der Waals surface area contributed by atoms with Gasteiger partial charge in [-0.15, -0.1) is 0 Å². The molecular weight excluding hydrogens is 242 g/mol. The number of hydrogen-bond donors (Lipinski definition) is 1. The topological polar surface area (TPSA) is 49.8 Å². The minimum absolute atomic E-state index is 0.0153. The molecule has 4 heteroatoms. The van der Waals surface area contributed by atoms with E-state index in [4.69, 9.17) is 4.74 Å². The molecule has 1 saturated carbocycles. The first-order valence-corrected chi connectivity index (χ1v) is 6.66. The number of ether oxygens (including phenoxy) is 1. The average molecular weight is 263 g/mol. The zero-order valence-corrected chi connectivity index (χ0v) is 11.7. The second-order valence-corrected chi connectivity index (χ2v) is 5.23. The lowest BCUT2D eigenvalue weighted by molar-refractivity contribution is -0.132. The van der Waals surface area contributed by atoms with Gasteiger partial charge in [0.2, 0.25) is 0 Å². The van der Waals surface area contributed by atoms with E-state index in [1.54, 1.807) is 11.8 Å². The van der Waals surface area contributed by atoms with Gasteiger partial charge in [-0.1, -0.05) is 6.07 Å². The number of rotatable bonds is 5. The minimum Gasteiger partial charge on any atom is -0.484 e. The fraction of sp³-hybridized carbons (Fsp3) is 0.533. The second kappa shape index (κ2) is 5.61. The molecule has 0 bridgehead atoms. The lowest BCUT2D eigenvalue weighted by atomic mass is 10.1. The Morgan fingerprint density at radius 2 is 2.21 bits per heavy atom. The van der Waals surface area contributed by atoms with Gasteiger partial charge in [0.05, 0.1) is 6.10 Å².